The average Bonchev–Trinajstić information content (AvgIpc) is 3.33. The molecule has 1 aliphatic rings. The number of thiophene rings is 1. The molecule has 2 aromatic heterocycles. The molecule has 2 N–H and O–H groups in total. The number of ether oxygens (including phenoxy) is 1. The molecule has 6 nitrogen and oxygen atoms in total. The second kappa shape index (κ2) is 10.8. The van der Waals surface area contributed by atoms with Crippen molar-refractivity contribution in [2.24, 2.45) is 0 Å². The summed E-state index contributed by atoms with van der Waals surface area (Å²) in [4.78, 5) is 24.2. The van der Waals surface area contributed by atoms with Crippen molar-refractivity contribution in [1.29, 1.82) is 0 Å². The number of aryl methyl sites for hydroxylation is 1. The van der Waals surface area contributed by atoms with E-state index in [1.165, 1.54) is 16.9 Å². The minimum absolute atomic E-state index is 0.0490. The van der Waals surface area contributed by atoms with Crippen molar-refractivity contribution in [1.82, 2.24) is 9.88 Å². The number of carbonyl (C=O) groups is 1. The van der Waals surface area contributed by atoms with Gasteiger partial charge in [-0.2, -0.15) is 0 Å². The average molecular weight is 569 g/mol. The van der Waals surface area contributed by atoms with Crippen LogP contribution in [0.15, 0.2) is 78.9 Å². The van der Waals surface area contributed by atoms with Crippen LogP contribution in [0.4, 0.5) is 11.4 Å². The van der Waals surface area contributed by atoms with E-state index in [4.69, 9.17) is 27.1 Å². The molecule has 1 amide bonds. The fourth-order valence-corrected chi connectivity index (χ4v) is 6.41. The molecule has 0 radical (unpaired) electrons. The molecule has 202 valence electrons. The normalized spacial score (nSPS) is 13.6. The van der Waals surface area contributed by atoms with Crippen LogP contribution in [0.5, 0.6) is 5.75 Å². The van der Waals surface area contributed by atoms with E-state index in [1.54, 1.807) is 7.11 Å². The number of methoxy groups -OCH3 is 1. The molecule has 0 saturated carbocycles. The van der Waals surface area contributed by atoms with Gasteiger partial charge in [0.2, 0.25) is 0 Å². The molecule has 1 saturated heterocycles. The molecule has 3 aromatic carbocycles. The van der Waals surface area contributed by atoms with Crippen LogP contribution < -0.4 is 15.4 Å². The summed E-state index contributed by atoms with van der Waals surface area (Å²) in [5.74, 6) is 0.736. The van der Waals surface area contributed by atoms with Gasteiger partial charge >= 0.3 is 0 Å². The highest BCUT2D eigenvalue weighted by Crippen LogP contribution is 2.42. The van der Waals surface area contributed by atoms with E-state index < -0.39 is 0 Å². The van der Waals surface area contributed by atoms with Crippen LogP contribution in [-0.4, -0.2) is 49.1 Å². The first-order chi connectivity index (χ1) is 19.4. The fraction of sp³-hybridized carbons (Fsp3) is 0.188. The van der Waals surface area contributed by atoms with Gasteiger partial charge in [0.15, 0.2) is 0 Å². The number of amides is 1. The number of aromatic nitrogens is 1. The van der Waals surface area contributed by atoms with E-state index in [9.17, 15) is 4.79 Å². The van der Waals surface area contributed by atoms with E-state index in [0.717, 1.165) is 57.1 Å². The Morgan fingerprint density at radius 2 is 1.65 bits per heavy atom. The Labute approximate surface area is 242 Å². The van der Waals surface area contributed by atoms with Gasteiger partial charge in [0.1, 0.15) is 15.5 Å². The summed E-state index contributed by atoms with van der Waals surface area (Å²) in [5, 5.41) is 1.53. The number of hydrogen-bond donors (Lipinski definition) is 1. The Kier molecular flexibility index (Phi) is 7.09. The van der Waals surface area contributed by atoms with Gasteiger partial charge in [0.25, 0.3) is 5.91 Å². The maximum atomic E-state index is 13.8. The number of nitrogen functional groups attached to an aromatic ring is 1. The number of carbonyl (C=O) groups excluding carboxylic acids is 1. The first kappa shape index (κ1) is 26.2. The summed E-state index contributed by atoms with van der Waals surface area (Å²) in [5.41, 5.74) is 13.3. The second-order valence-corrected chi connectivity index (χ2v) is 11.4. The molecule has 0 bridgehead atoms. The number of nitrogens with zero attached hydrogens (tertiary/aromatic N) is 3. The third kappa shape index (κ3) is 4.98. The summed E-state index contributed by atoms with van der Waals surface area (Å²) in [7, 11) is 1.65. The molecule has 0 aliphatic carbocycles. The third-order valence-electron chi connectivity index (χ3n) is 7.38. The van der Waals surface area contributed by atoms with Gasteiger partial charge in [-0.3, -0.25) is 4.79 Å². The van der Waals surface area contributed by atoms with Crippen LogP contribution in [0.3, 0.4) is 0 Å². The van der Waals surface area contributed by atoms with Crippen LogP contribution in [0.1, 0.15) is 15.2 Å². The van der Waals surface area contributed by atoms with E-state index in [2.05, 4.69) is 42.2 Å². The molecule has 40 heavy (non-hydrogen) atoms. The largest absolute Gasteiger partial charge is 0.497 e. The van der Waals surface area contributed by atoms with Gasteiger partial charge in [-0.25, -0.2) is 4.98 Å². The third-order valence-corrected chi connectivity index (χ3v) is 8.70. The zero-order valence-corrected chi connectivity index (χ0v) is 23.9. The molecule has 5 aromatic rings. The van der Waals surface area contributed by atoms with Gasteiger partial charge in [0.05, 0.1) is 18.5 Å². The summed E-state index contributed by atoms with van der Waals surface area (Å²) >= 11 is 7.56. The van der Waals surface area contributed by atoms with Crippen molar-refractivity contribution in [2.75, 3.05) is 43.9 Å². The highest BCUT2D eigenvalue weighted by atomic mass is 35.5. The van der Waals surface area contributed by atoms with Crippen LogP contribution in [0.2, 0.25) is 5.02 Å². The molecule has 6 rings (SSSR count). The van der Waals surface area contributed by atoms with Crippen molar-refractivity contribution in [3.05, 3.63) is 94.3 Å². The first-order valence-electron chi connectivity index (χ1n) is 13.2. The summed E-state index contributed by atoms with van der Waals surface area (Å²) < 4.78 is 5.33. The smallest absolute Gasteiger partial charge is 0.266 e. The van der Waals surface area contributed by atoms with Crippen LogP contribution in [0.25, 0.3) is 32.6 Å². The van der Waals surface area contributed by atoms with E-state index in [-0.39, 0.29) is 5.91 Å². The Bertz CT molecular complexity index is 1690. The van der Waals surface area contributed by atoms with Crippen molar-refractivity contribution in [3.8, 4) is 28.1 Å². The lowest BCUT2D eigenvalue weighted by atomic mass is 9.98. The van der Waals surface area contributed by atoms with Crippen molar-refractivity contribution >= 4 is 50.4 Å². The lowest BCUT2D eigenvalue weighted by Crippen LogP contribution is -2.48. The zero-order valence-electron chi connectivity index (χ0n) is 22.4. The minimum atomic E-state index is -0.0490. The number of hydrogen-bond acceptors (Lipinski definition) is 6. The van der Waals surface area contributed by atoms with Gasteiger partial charge in [-0.15, -0.1) is 11.3 Å². The summed E-state index contributed by atoms with van der Waals surface area (Å²) in [6.45, 7) is 4.73. The molecule has 0 spiro atoms. The van der Waals surface area contributed by atoms with Gasteiger partial charge in [-0.05, 0) is 66.6 Å². The Morgan fingerprint density at radius 1 is 0.950 bits per heavy atom. The molecule has 0 atom stereocenters. The lowest BCUT2D eigenvalue weighted by molar-refractivity contribution is 0.0752. The molecule has 8 heteroatoms. The van der Waals surface area contributed by atoms with Crippen LogP contribution in [-0.2, 0) is 0 Å². The topological polar surface area (TPSA) is 71.7 Å². The van der Waals surface area contributed by atoms with E-state index in [1.807, 2.05) is 53.4 Å². The first-order valence-corrected chi connectivity index (χ1v) is 14.3. The van der Waals surface area contributed by atoms with E-state index >= 15 is 0 Å². The van der Waals surface area contributed by atoms with Crippen LogP contribution >= 0.6 is 22.9 Å². The van der Waals surface area contributed by atoms with Gasteiger partial charge in [0, 0.05) is 47.8 Å². The maximum Gasteiger partial charge on any atom is 0.266 e. The second-order valence-electron chi connectivity index (χ2n) is 9.93. The summed E-state index contributed by atoms with van der Waals surface area (Å²) in [6, 6.07) is 26.1. The predicted molar refractivity (Wildman–Crippen MR) is 166 cm³/mol. The number of benzene rings is 3. The van der Waals surface area contributed by atoms with Gasteiger partial charge < -0.3 is 20.3 Å². The summed E-state index contributed by atoms with van der Waals surface area (Å²) in [6.07, 6.45) is 0. The minimum Gasteiger partial charge on any atom is -0.497 e. The lowest BCUT2D eigenvalue weighted by Gasteiger charge is -2.36. The Morgan fingerprint density at radius 3 is 2.33 bits per heavy atom. The number of anilines is 2. The van der Waals surface area contributed by atoms with Crippen molar-refractivity contribution in [3.63, 3.8) is 0 Å². The SMILES string of the molecule is COc1ccc(-c2cc(-c3ccc(C)cc3)c3c(N)c(C(=O)N4CCN(c5cccc(Cl)c5)CC4)sc3n2)cc1. The number of pyridine rings is 1. The molecular formula is C32H29ClN4O2S. The van der Waals surface area contributed by atoms with Crippen molar-refractivity contribution < 1.29 is 9.53 Å². The molecule has 1 aliphatic heterocycles. The number of nitrogens with two attached hydrogens (primary N) is 1. The highest BCUT2D eigenvalue weighted by Gasteiger charge is 2.28. The number of halogens is 1. The molecule has 0 unspecified atom stereocenters. The number of fused-ring (bicyclic) bond motifs is 1. The quantitative estimate of drug-likeness (QED) is 0.244. The van der Waals surface area contributed by atoms with Crippen molar-refractivity contribution in [2.45, 2.75) is 6.92 Å². The number of rotatable bonds is 5. The Hall–Kier alpha value is -4.07. The van der Waals surface area contributed by atoms with E-state index in [0.29, 0.717) is 28.7 Å². The van der Waals surface area contributed by atoms with Gasteiger partial charge in [-0.1, -0.05) is 47.5 Å². The molecule has 3 heterocycles. The zero-order chi connectivity index (χ0) is 27.8. The maximum absolute atomic E-state index is 13.8. The highest BCUT2D eigenvalue weighted by molar-refractivity contribution is 7.21. The number of piperazine rings is 1. The fourth-order valence-electron chi connectivity index (χ4n) is 5.13. The van der Waals surface area contributed by atoms with Crippen LogP contribution in [0, 0.1) is 6.92 Å². The molecule has 1 fully saturated rings. The monoisotopic (exact) mass is 568 g/mol. The standard InChI is InChI=1S/C32H29ClN4O2S/c1-20-6-8-21(9-7-20)26-19-27(22-10-12-25(39-2)13-11-22)35-31-28(26)29(34)30(40-31)32(38)37-16-14-36(15-17-37)24-5-3-4-23(33)18-24/h3-13,18-19H,14-17,34H2,1-2H3. The predicted octanol–water partition coefficient (Wildman–Crippen LogP) is 7.15. The Balaban J connectivity index is 1.36. The molecular weight excluding hydrogens is 540 g/mol.